The summed E-state index contributed by atoms with van der Waals surface area (Å²) < 4.78 is 13.5. The quantitative estimate of drug-likeness (QED) is 0.557. The van der Waals surface area contributed by atoms with Gasteiger partial charge >= 0.3 is 6.03 Å². The van der Waals surface area contributed by atoms with Gasteiger partial charge in [-0.1, -0.05) is 33.8 Å². The third-order valence-electron chi connectivity index (χ3n) is 9.41. The second-order valence-electron chi connectivity index (χ2n) is 11.8. The monoisotopic (exact) mass is 487 g/mol. The molecule has 194 valence electrons. The summed E-state index contributed by atoms with van der Waals surface area (Å²) in [5.41, 5.74) is 0.406. The number of urea groups is 1. The van der Waals surface area contributed by atoms with E-state index >= 15 is 0 Å². The average Bonchev–Trinajstić information content (AvgIpc) is 2.81. The minimum Gasteiger partial charge on any atom is -0.392 e. The van der Waals surface area contributed by atoms with Crippen LogP contribution in [0.4, 0.5) is 14.9 Å². The Bertz CT molecular complexity index is 918. The SMILES string of the molecule is CC1CCN(C(=O)[C@@H](C)[C@H]2CC[C@@]3(C)CC[C@H](NC(=O)Nc4cccc(F)c4)[C@@H](C)[C@@H]3[C@H]2O)CC1. The Morgan fingerprint density at radius 1 is 1.14 bits per heavy atom. The maximum atomic E-state index is 13.5. The number of halogens is 1. The smallest absolute Gasteiger partial charge is 0.319 e. The van der Waals surface area contributed by atoms with Crippen LogP contribution in [0, 0.1) is 40.8 Å². The predicted molar refractivity (Wildman–Crippen MR) is 135 cm³/mol. The van der Waals surface area contributed by atoms with Gasteiger partial charge in [0.15, 0.2) is 0 Å². The van der Waals surface area contributed by atoms with Crippen LogP contribution in [0.1, 0.15) is 66.2 Å². The number of likely N-dealkylation sites (tertiary alicyclic amines) is 1. The van der Waals surface area contributed by atoms with E-state index < -0.39 is 11.9 Å². The Morgan fingerprint density at radius 2 is 1.83 bits per heavy atom. The molecule has 1 aromatic rings. The van der Waals surface area contributed by atoms with Crippen molar-refractivity contribution in [1.29, 1.82) is 0 Å². The molecule has 3 fully saturated rings. The van der Waals surface area contributed by atoms with Crippen LogP contribution in [0.2, 0.25) is 0 Å². The van der Waals surface area contributed by atoms with E-state index in [1.54, 1.807) is 12.1 Å². The summed E-state index contributed by atoms with van der Waals surface area (Å²) in [5, 5.41) is 17.4. The summed E-state index contributed by atoms with van der Waals surface area (Å²) in [7, 11) is 0. The number of aliphatic hydroxyl groups excluding tert-OH is 1. The fraction of sp³-hybridized carbons (Fsp3) is 0.714. The highest BCUT2D eigenvalue weighted by atomic mass is 19.1. The van der Waals surface area contributed by atoms with Crippen LogP contribution in [0.5, 0.6) is 0 Å². The van der Waals surface area contributed by atoms with E-state index in [0.29, 0.717) is 11.6 Å². The molecule has 0 spiro atoms. The lowest BCUT2D eigenvalue weighted by Crippen LogP contribution is -2.59. The van der Waals surface area contributed by atoms with Gasteiger partial charge in [0.2, 0.25) is 5.91 Å². The highest BCUT2D eigenvalue weighted by molar-refractivity contribution is 5.89. The number of aliphatic hydroxyl groups is 1. The molecule has 1 saturated heterocycles. The van der Waals surface area contributed by atoms with E-state index in [1.165, 1.54) is 12.1 Å². The van der Waals surface area contributed by atoms with Gasteiger partial charge in [-0.3, -0.25) is 4.79 Å². The van der Waals surface area contributed by atoms with Crippen LogP contribution < -0.4 is 10.6 Å². The minimum absolute atomic E-state index is 0.00410. The number of amides is 3. The first-order chi connectivity index (χ1) is 16.6. The molecule has 3 amide bonds. The molecule has 0 radical (unpaired) electrons. The number of piperidine rings is 1. The number of anilines is 1. The zero-order valence-electron chi connectivity index (χ0n) is 21.6. The van der Waals surface area contributed by atoms with Crippen molar-refractivity contribution in [2.24, 2.45) is 35.0 Å². The van der Waals surface area contributed by atoms with Crippen molar-refractivity contribution in [2.75, 3.05) is 18.4 Å². The van der Waals surface area contributed by atoms with E-state index in [1.807, 2.05) is 11.8 Å². The van der Waals surface area contributed by atoms with E-state index in [2.05, 4.69) is 31.4 Å². The number of carbonyl (C=O) groups excluding carboxylic acids is 2. The lowest BCUT2D eigenvalue weighted by molar-refractivity contribution is -0.151. The second-order valence-corrected chi connectivity index (χ2v) is 11.8. The first-order valence-electron chi connectivity index (χ1n) is 13.4. The molecule has 4 rings (SSSR count). The van der Waals surface area contributed by atoms with E-state index in [4.69, 9.17) is 0 Å². The average molecular weight is 488 g/mol. The van der Waals surface area contributed by atoms with Crippen LogP contribution in [-0.4, -0.2) is 47.2 Å². The van der Waals surface area contributed by atoms with Crippen LogP contribution in [-0.2, 0) is 4.79 Å². The number of nitrogens with one attached hydrogen (secondary N) is 2. The molecule has 1 aromatic carbocycles. The van der Waals surface area contributed by atoms with Crippen molar-refractivity contribution < 1.29 is 19.1 Å². The first kappa shape index (κ1) is 25.9. The highest BCUT2D eigenvalue weighted by Gasteiger charge is 2.54. The van der Waals surface area contributed by atoms with Gasteiger partial charge in [-0.2, -0.15) is 0 Å². The largest absolute Gasteiger partial charge is 0.392 e. The second kappa shape index (κ2) is 10.5. The van der Waals surface area contributed by atoms with Gasteiger partial charge in [-0.15, -0.1) is 0 Å². The van der Waals surface area contributed by atoms with Crippen molar-refractivity contribution in [3.63, 3.8) is 0 Å². The molecular formula is C28H42FN3O3. The molecule has 2 aliphatic carbocycles. The van der Waals surface area contributed by atoms with Crippen molar-refractivity contribution in [2.45, 2.75) is 78.4 Å². The third-order valence-corrected chi connectivity index (χ3v) is 9.41. The number of hydrogen-bond acceptors (Lipinski definition) is 3. The summed E-state index contributed by atoms with van der Waals surface area (Å²) in [6.07, 6.45) is 5.12. The predicted octanol–water partition coefficient (Wildman–Crippen LogP) is 5.03. The number of carbonyl (C=O) groups is 2. The Morgan fingerprint density at radius 3 is 2.51 bits per heavy atom. The van der Waals surface area contributed by atoms with E-state index in [-0.39, 0.29) is 47.1 Å². The molecule has 7 atom stereocenters. The summed E-state index contributed by atoms with van der Waals surface area (Å²) in [5.74, 6) is 0.234. The number of fused-ring (bicyclic) bond motifs is 1. The Hall–Kier alpha value is -2.15. The molecule has 0 unspecified atom stereocenters. The fourth-order valence-electron chi connectivity index (χ4n) is 7.10. The van der Waals surface area contributed by atoms with Gasteiger partial charge in [-0.25, -0.2) is 9.18 Å². The molecular weight excluding hydrogens is 445 g/mol. The molecule has 7 heteroatoms. The first-order valence-corrected chi connectivity index (χ1v) is 13.4. The number of rotatable bonds is 4. The van der Waals surface area contributed by atoms with Crippen molar-refractivity contribution in [3.8, 4) is 0 Å². The van der Waals surface area contributed by atoms with Crippen molar-refractivity contribution >= 4 is 17.6 Å². The van der Waals surface area contributed by atoms with Gasteiger partial charge in [-0.05, 0) is 85.8 Å². The van der Waals surface area contributed by atoms with Crippen molar-refractivity contribution in [1.82, 2.24) is 10.2 Å². The molecule has 0 bridgehead atoms. The highest BCUT2D eigenvalue weighted by Crippen LogP contribution is 2.55. The zero-order valence-corrected chi connectivity index (χ0v) is 21.6. The summed E-state index contributed by atoms with van der Waals surface area (Å²) in [6.45, 7) is 10.2. The number of hydrogen-bond donors (Lipinski definition) is 3. The van der Waals surface area contributed by atoms with Crippen molar-refractivity contribution in [3.05, 3.63) is 30.1 Å². The topological polar surface area (TPSA) is 81.7 Å². The number of nitrogens with zero attached hydrogens (tertiary/aromatic N) is 1. The van der Waals surface area contributed by atoms with Gasteiger partial charge in [0.1, 0.15) is 5.82 Å². The zero-order chi connectivity index (χ0) is 25.3. The lowest BCUT2D eigenvalue weighted by Gasteiger charge is -2.56. The lowest BCUT2D eigenvalue weighted by atomic mass is 9.51. The van der Waals surface area contributed by atoms with Crippen LogP contribution >= 0.6 is 0 Å². The molecule has 1 aliphatic heterocycles. The Kier molecular flexibility index (Phi) is 7.74. The molecule has 3 N–H and O–H groups in total. The van der Waals surface area contributed by atoms with Crippen LogP contribution in [0.25, 0.3) is 0 Å². The van der Waals surface area contributed by atoms with Gasteiger partial charge in [0.05, 0.1) is 6.10 Å². The summed E-state index contributed by atoms with van der Waals surface area (Å²) >= 11 is 0. The molecule has 3 aliphatic rings. The standard InChI is InChI=1S/C28H42FN3O3/c1-17-10-14-32(15-11-17)26(34)18(2)22-8-12-28(4)13-9-23(19(3)24(28)25(22)33)31-27(35)30-21-7-5-6-20(29)16-21/h5-7,16-19,22-25,33H,8-15H2,1-4H3,(H2,30,31,35)/t18-,19+,22+,23-,24+,25-,28-/m0/s1. The fourth-order valence-corrected chi connectivity index (χ4v) is 7.10. The van der Waals surface area contributed by atoms with Crippen LogP contribution in [0.15, 0.2) is 24.3 Å². The maximum absolute atomic E-state index is 13.5. The van der Waals surface area contributed by atoms with Gasteiger partial charge < -0.3 is 20.6 Å². The molecule has 35 heavy (non-hydrogen) atoms. The minimum atomic E-state index is -0.581. The van der Waals surface area contributed by atoms with E-state index in [0.717, 1.165) is 51.6 Å². The third kappa shape index (κ3) is 5.50. The normalized spacial score (nSPS) is 34.6. The van der Waals surface area contributed by atoms with E-state index in [9.17, 15) is 19.1 Å². The van der Waals surface area contributed by atoms with Gasteiger partial charge in [0, 0.05) is 30.7 Å². The Balaban J connectivity index is 1.42. The molecule has 2 saturated carbocycles. The summed E-state index contributed by atoms with van der Waals surface area (Å²) in [4.78, 5) is 28.0. The van der Waals surface area contributed by atoms with Crippen LogP contribution in [0.3, 0.4) is 0 Å². The van der Waals surface area contributed by atoms with Gasteiger partial charge in [0.25, 0.3) is 0 Å². The Labute approximate surface area is 209 Å². The summed E-state index contributed by atoms with van der Waals surface area (Å²) in [6, 6.07) is 5.39. The maximum Gasteiger partial charge on any atom is 0.319 e. The molecule has 1 heterocycles. The molecule has 6 nitrogen and oxygen atoms in total. The number of benzene rings is 1. The molecule has 0 aromatic heterocycles.